The zero-order valence-corrected chi connectivity index (χ0v) is 11.9. The molecule has 2 rings (SSSR count). The van der Waals surface area contributed by atoms with Crippen LogP contribution in [0, 0.1) is 18.6 Å². The zero-order chi connectivity index (χ0) is 15.2. The number of hydrogen-bond donors (Lipinski definition) is 2. The summed E-state index contributed by atoms with van der Waals surface area (Å²) in [5.74, 6) is -0.426. The van der Waals surface area contributed by atoms with Gasteiger partial charge in [-0.2, -0.15) is 4.98 Å². The Labute approximate surface area is 121 Å². The SMILES string of the molecule is CCCNc1nc(NCCc2nc(C)no2)c(F)cc1F. The highest BCUT2D eigenvalue weighted by molar-refractivity contribution is 5.47. The third-order valence-electron chi connectivity index (χ3n) is 2.67. The Morgan fingerprint density at radius 2 is 1.76 bits per heavy atom. The van der Waals surface area contributed by atoms with Crippen molar-refractivity contribution >= 4 is 11.6 Å². The lowest BCUT2D eigenvalue weighted by molar-refractivity contribution is 0.377. The van der Waals surface area contributed by atoms with Gasteiger partial charge in [-0.15, -0.1) is 0 Å². The fourth-order valence-electron chi connectivity index (χ4n) is 1.69. The Morgan fingerprint density at radius 1 is 1.10 bits per heavy atom. The van der Waals surface area contributed by atoms with Crippen molar-refractivity contribution in [1.82, 2.24) is 15.1 Å². The van der Waals surface area contributed by atoms with Crippen LogP contribution in [0.3, 0.4) is 0 Å². The maximum absolute atomic E-state index is 13.6. The monoisotopic (exact) mass is 297 g/mol. The van der Waals surface area contributed by atoms with Gasteiger partial charge in [0.1, 0.15) is 0 Å². The standard InChI is InChI=1S/C13H17F2N5O/c1-3-5-16-12-9(14)7-10(15)13(19-12)17-6-4-11-18-8(2)20-21-11/h7H,3-6H2,1-2H3,(H2,16,17,19). The van der Waals surface area contributed by atoms with E-state index in [4.69, 9.17) is 4.52 Å². The third kappa shape index (κ3) is 4.11. The number of nitrogens with one attached hydrogen (secondary N) is 2. The van der Waals surface area contributed by atoms with Crippen LogP contribution in [-0.4, -0.2) is 28.2 Å². The summed E-state index contributed by atoms with van der Waals surface area (Å²) in [5, 5.41) is 9.26. The molecule has 0 saturated heterocycles. The van der Waals surface area contributed by atoms with E-state index >= 15 is 0 Å². The Morgan fingerprint density at radius 3 is 2.33 bits per heavy atom. The average Bonchev–Trinajstić information content (AvgIpc) is 2.85. The summed E-state index contributed by atoms with van der Waals surface area (Å²) in [5.41, 5.74) is 0. The molecular weight excluding hydrogens is 280 g/mol. The van der Waals surface area contributed by atoms with Crippen molar-refractivity contribution in [2.75, 3.05) is 23.7 Å². The minimum atomic E-state index is -0.740. The van der Waals surface area contributed by atoms with E-state index in [1.54, 1.807) is 6.92 Å². The Hall–Kier alpha value is -2.25. The quantitative estimate of drug-likeness (QED) is 0.818. The molecule has 0 unspecified atom stereocenters. The summed E-state index contributed by atoms with van der Waals surface area (Å²) < 4.78 is 32.1. The molecule has 0 aliphatic rings. The average molecular weight is 297 g/mol. The second kappa shape index (κ2) is 6.96. The van der Waals surface area contributed by atoms with E-state index in [1.165, 1.54) is 0 Å². The number of hydrogen-bond acceptors (Lipinski definition) is 6. The molecule has 21 heavy (non-hydrogen) atoms. The Kier molecular flexibility index (Phi) is 5.02. The first-order valence-electron chi connectivity index (χ1n) is 6.73. The summed E-state index contributed by atoms with van der Waals surface area (Å²) in [7, 11) is 0. The molecule has 114 valence electrons. The minimum absolute atomic E-state index is 0.00811. The van der Waals surface area contributed by atoms with Crippen molar-refractivity contribution in [3.05, 3.63) is 29.4 Å². The molecule has 2 N–H and O–H groups in total. The van der Waals surface area contributed by atoms with Crippen LogP contribution in [0.15, 0.2) is 10.6 Å². The number of nitrogens with zero attached hydrogens (tertiary/aromatic N) is 3. The fourth-order valence-corrected chi connectivity index (χ4v) is 1.69. The van der Waals surface area contributed by atoms with Gasteiger partial charge in [0.2, 0.25) is 5.89 Å². The van der Waals surface area contributed by atoms with E-state index in [0.29, 0.717) is 31.2 Å². The second-order valence-electron chi connectivity index (χ2n) is 4.49. The molecule has 8 heteroatoms. The number of aryl methyl sites for hydroxylation is 1. The summed E-state index contributed by atoms with van der Waals surface area (Å²) in [6.45, 7) is 4.58. The van der Waals surface area contributed by atoms with Gasteiger partial charge in [-0.25, -0.2) is 13.8 Å². The molecule has 0 bridgehead atoms. The topological polar surface area (TPSA) is 75.9 Å². The van der Waals surface area contributed by atoms with Gasteiger partial charge in [0.05, 0.1) is 0 Å². The lowest BCUT2D eigenvalue weighted by atomic mass is 10.3. The molecule has 0 radical (unpaired) electrons. The number of pyridine rings is 1. The first-order valence-corrected chi connectivity index (χ1v) is 6.73. The van der Waals surface area contributed by atoms with Gasteiger partial charge in [0, 0.05) is 25.6 Å². The van der Waals surface area contributed by atoms with Crippen LogP contribution < -0.4 is 10.6 Å². The van der Waals surface area contributed by atoms with Crippen molar-refractivity contribution in [3.63, 3.8) is 0 Å². The summed E-state index contributed by atoms with van der Waals surface area (Å²) >= 11 is 0. The lowest BCUT2D eigenvalue weighted by Crippen LogP contribution is -2.11. The van der Waals surface area contributed by atoms with Gasteiger partial charge in [-0.1, -0.05) is 12.1 Å². The van der Waals surface area contributed by atoms with Crippen LogP contribution in [0.25, 0.3) is 0 Å². The zero-order valence-electron chi connectivity index (χ0n) is 11.9. The van der Waals surface area contributed by atoms with Crippen molar-refractivity contribution in [2.24, 2.45) is 0 Å². The number of halogens is 2. The van der Waals surface area contributed by atoms with Crippen LogP contribution in [-0.2, 0) is 6.42 Å². The second-order valence-corrected chi connectivity index (χ2v) is 4.49. The van der Waals surface area contributed by atoms with Gasteiger partial charge < -0.3 is 15.2 Å². The number of rotatable bonds is 7. The maximum atomic E-state index is 13.6. The molecule has 2 heterocycles. The predicted molar refractivity (Wildman–Crippen MR) is 74.2 cm³/mol. The molecule has 0 aliphatic carbocycles. The molecule has 0 spiro atoms. The first kappa shape index (κ1) is 15.1. The van der Waals surface area contributed by atoms with Crippen molar-refractivity contribution in [1.29, 1.82) is 0 Å². The molecule has 2 aromatic rings. The molecule has 0 aromatic carbocycles. The van der Waals surface area contributed by atoms with Gasteiger partial charge in [-0.05, 0) is 13.3 Å². The highest BCUT2D eigenvalue weighted by Crippen LogP contribution is 2.19. The van der Waals surface area contributed by atoms with Gasteiger partial charge in [0.15, 0.2) is 29.1 Å². The highest BCUT2D eigenvalue weighted by Gasteiger charge is 2.11. The van der Waals surface area contributed by atoms with E-state index in [0.717, 1.165) is 12.5 Å². The molecule has 2 aromatic heterocycles. The van der Waals surface area contributed by atoms with Gasteiger partial charge in [0.25, 0.3) is 0 Å². The molecular formula is C13H17F2N5O. The molecule has 6 nitrogen and oxygen atoms in total. The van der Waals surface area contributed by atoms with Crippen molar-refractivity contribution in [2.45, 2.75) is 26.7 Å². The maximum Gasteiger partial charge on any atom is 0.228 e. The predicted octanol–water partition coefficient (Wildman–Crippen LogP) is 2.53. The van der Waals surface area contributed by atoms with Crippen LogP contribution in [0.5, 0.6) is 0 Å². The number of aromatic nitrogens is 3. The molecule has 0 aliphatic heterocycles. The van der Waals surface area contributed by atoms with E-state index in [-0.39, 0.29) is 11.6 Å². The molecule has 0 saturated carbocycles. The molecule has 0 amide bonds. The van der Waals surface area contributed by atoms with E-state index < -0.39 is 11.6 Å². The Bertz CT molecular complexity index is 602. The summed E-state index contributed by atoms with van der Waals surface area (Å²) in [6, 6.07) is 0.810. The Balaban J connectivity index is 1.98. The molecule has 0 fully saturated rings. The van der Waals surface area contributed by atoms with Crippen molar-refractivity contribution in [3.8, 4) is 0 Å². The fraction of sp³-hybridized carbons (Fsp3) is 0.462. The van der Waals surface area contributed by atoms with Gasteiger partial charge >= 0.3 is 0 Å². The number of anilines is 2. The van der Waals surface area contributed by atoms with Crippen LogP contribution >= 0.6 is 0 Å². The van der Waals surface area contributed by atoms with Gasteiger partial charge in [-0.3, -0.25) is 0 Å². The van der Waals surface area contributed by atoms with Crippen LogP contribution in [0.2, 0.25) is 0 Å². The van der Waals surface area contributed by atoms with E-state index in [9.17, 15) is 8.78 Å². The molecule has 0 atom stereocenters. The highest BCUT2D eigenvalue weighted by atomic mass is 19.1. The van der Waals surface area contributed by atoms with Crippen molar-refractivity contribution < 1.29 is 13.3 Å². The largest absolute Gasteiger partial charge is 0.368 e. The normalized spacial score (nSPS) is 10.7. The third-order valence-corrected chi connectivity index (χ3v) is 2.67. The summed E-state index contributed by atoms with van der Waals surface area (Å²) in [6.07, 6.45) is 1.24. The van der Waals surface area contributed by atoms with Crippen LogP contribution in [0.1, 0.15) is 25.1 Å². The smallest absolute Gasteiger partial charge is 0.228 e. The van der Waals surface area contributed by atoms with E-state index in [1.807, 2.05) is 6.92 Å². The van der Waals surface area contributed by atoms with E-state index in [2.05, 4.69) is 25.8 Å². The minimum Gasteiger partial charge on any atom is -0.368 e. The summed E-state index contributed by atoms with van der Waals surface area (Å²) in [4.78, 5) is 7.94. The first-order chi connectivity index (χ1) is 10.1. The van der Waals surface area contributed by atoms with Crippen LogP contribution in [0.4, 0.5) is 20.4 Å². The lowest BCUT2D eigenvalue weighted by Gasteiger charge is -2.10.